The van der Waals surface area contributed by atoms with Gasteiger partial charge in [-0.15, -0.1) is 0 Å². The van der Waals surface area contributed by atoms with Crippen LogP contribution in [-0.2, 0) is 23.9 Å². The molecule has 0 bridgehead atoms. The first kappa shape index (κ1) is 20.4. The Hall–Kier alpha value is -2.90. The number of fused-ring (bicyclic) bond motifs is 3. The molecule has 1 aliphatic rings. The van der Waals surface area contributed by atoms with Crippen molar-refractivity contribution >= 4 is 17.1 Å². The summed E-state index contributed by atoms with van der Waals surface area (Å²) in [6.45, 7) is 4.28. The van der Waals surface area contributed by atoms with E-state index >= 15 is 0 Å². The van der Waals surface area contributed by atoms with E-state index in [9.17, 15) is 23.1 Å². The largest absolute Gasteiger partial charge is 0.481 e. The lowest BCUT2D eigenvalue weighted by molar-refractivity contribution is -0.143. The van der Waals surface area contributed by atoms with Gasteiger partial charge in [0.2, 0.25) is 0 Å². The van der Waals surface area contributed by atoms with Crippen molar-refractivity contribution in [3.63, 3.8) is 0 Å². The molecule has 1 aromatic carbocycles. The summed E-state index contributed by atoms with van der Waals surface area (Å²) in [5.41, 5.74) is 0.905. The van der Waals surface area contributed by atoms with Crippen molar-refractivity contribution in [1.82, 2.24) is 14.5 Å². The third-order valence-corrected chi connectivity index (χ3v) is 5.62. The third kappa shape index (κ3) is 3.34. The van der Waals surface area contributed by atoms with Gasteiger partial charge in [-0.05, 0) is 25.3 Å². The number of hydrogen-bond donors (Lipinski definition) is 1. The van der Waals surface area contributed by atoms with Crippen LogP contribution in [0, 0.1) is 6.92 Å². The summed E-state index contributed by atoms with van der Waals surface area (Å²) in [4.78, 5) is 20.3. The van der Waals surface area contributed by atoms with Gasteiger partial charge < -0.3 is 9.67 Å². The zero-order valence-electron chi connectivity index (χ0n) is 16.8. The van der Waals surface area contributed by atoms with Crippen LogP contribution in [0.25, 0.3) is 22.3 Å². The van der Waals surface area contributed by atoms with Crippen LogP contribution in [0.15, 0.2) is 24.3 Å². The summed E-state index contributed by atoms with van der Waals surface area (Å²) in [6.07, 6.45) is -2.76. The van der Waals surface area contributed by atoms with Gasteiger partial charge in [-0.2, -0.15) is 13.2 Å². The van der Waals surface area contributed by atoms with E-state index < -0.39 is 23.8 Å². The van der Waals surface area contributed by atoms with Crippen LogP contribution in [0.5, 0.6) is 0 Å². The van der Waals surface area contributed by atoms with Crippen LogP contribution in [0.2, 0.25) is 0 Å². The van der Waals surface area contributed by atoms with E-state index in [1.807, 2.05) is 23.6 Å². The van der Waals surface area contributed by atoms with Gasteiger partial charge in [0.15, 0.2) is 11.3 Å². The number of benzene rings is 1. The lowest BCUT2D eigenvalue weighted by Crippen LogP contribution is -2.21. The topological polar surface area (TPSA) is 68.0 Å². The number of halogens is 3. The highest BCUT2D eigenvalue weighted by molar-refractivity contribution is 5.96. The molecule has 1 atom stereocenters. The minimum Gasteiger partial charge on any atom is -0.481 e. The maximum absolute atomic E-state index is 14.1. The molecule has 1 N–H and O–H groups in total. The number of imidazole rings is 1. The molecule has 1 unspecified atom stereocenters. The molecule has 30 heavy (non-hydrogen) atoms. The van der Waals surface area contributed by atoms with Gasteiger partial charge in [0.25, 0.3) is 0 Å². The Labute approximate surface area is 171 Å². The average molecular weight is 417 g/mol. The number of nitrogens with zero attached hydrogens (tertiary/aromatic N) is 3. The Kier molecular flexibility index (Phi) is 5.03. The average Bonchev–Trinajstić information content (AvgIpc) is 3.25. The SMILES string of the molecule is CCCC(C(=O)O)c1c(C(F)(F)F)nc2nc3n(c2c1-c1ccc(C)cc1)CCC3. The Morgan fingerprint density at radius 1 is 1.23 bits per heavy atom. The maximum Gasteiger partial charge on any atom is 0.433 e. The summed E-state index contributed by atoms with van der Waals surface area (Å²) in [5.74, 6) is -1.90. The quantitative estimate of drug-likeness (QED) is 0.608. The molecule has 0 saturated carbocycles. The predicted molar refractivity (Wildman–Crippen MR) is 106 cm³/mol. The highest BCUT2D eigenvalue weighted by atomic mass is 19.4. The Morgan fingerprint density at radius 3 is 2.53 bits per heavy atom. The standard InChI is InChI=1S/C22H22F3N3O2/c1-3-5-14(21(29)30)17-16(13-9-7-12(2)8-10-13)18-20(27-19(17)22(23,24)25)26-15-6-4-11-28(15)18/h7-10,14H,3-6,11H2,1-2H3,(H,29,30). The molecular formula is C22H22F3N3O2. The van der Waals surface area contributed by atoms with Gasteiger partial charge in [0, 0.05) is 24.1 Å². The molecule has 0 saturated heterocycles. The van der Waals surface area contributed by atoms with Crippen LogP contribution < -0.4 is 0 Å². The number of carboxylic acid groups (broad SMARTS) is 1. The minimum atomic E-state index is -4.79. The Balaban J connectivity index is 2.18. The fourth-order valence-electron chi connectivity index (χ4n) is 4.30. The number of carboxylic acids is 1. The van der Waals surface area contributed by atoms with Gasteiger partial charge in [-0.3, -0.25) is 4.79 Å². The van der Waals surface area contributed by atoms with Gasteiger partial charge >= 0.3 is 12.1 Å². The van der Waals surface area contributed by atoms with Gasteiger partial charge in [0.05, 0.1) is 11.4 Å². The number of aliphatic carboxylic acids is 1. The van der Waals surface area contributed by atoms with Crippen molar-refractivity contribution in [2.24, 2.45) is 0 Å². The summed E-state index contributed by atoms with van der Waals surface area (Å²) in [5, 5.41) is 9.86. The van der Waals surface area contributed by atoms with Crippen LogP contribution in [0.4, 0.5) is 13.2 Å². The molecule has 0 radical (unpaired) electrons. The molecule has 0 fully saturated rings. The number of carbonyl (C=O) groups is 1. The second kappa shape index (κ2) is 7.41. The first-order valence-electron chi connectivity index (χ1n) is 10.0. The highest BCUT2D eigenvalue weighted by Crippen LogP contribution is 2.45. The van der Waals surface area contributed by atoms with Crippen molar-refractivity contribution in [3.8, 4) is 11.1 Å². The number of alkyl halides is 3. The number of aromatic nitrogens is 3. The van der Waals surface area contributed by atoms with Gasteiger partial charge in [0.1, 0.15) is 5.82 Å². The first-order chi connectivity index (χ1) is 14.2. The summed E-state index contributed by atoms with van der Waals surface area (Å²) in [7, 11) is 0. The molecule has 5 nitrogen and oxygen atoms in total. The van der Waals surface area contributed by atoms with Crippen molar-refractivity contribution in [3.05, 3.63) is 46.9 Å². The second-order valence-electron chi connectivity index (χ2n) is 7.75. The van der Waals surface area contributed by atoms with E-state index in [0.717, 1.165) is 12.0 Å². The van der Waals surface area contributed by atoms with Crippen molar-refractivity contribution < 1.29 is 23.1 Å². The van der Waals surface area contributed by atoms with Crippen molar-refractivity contribution in [2.45, 2.75) is 58.2 Å². The molecule has 158 valence electrons. The molecule has 2 aromatic heterocycles. The van der Waals surface area contributed by atoms with Crippen LogP contribution in [-0.4, -0.2) is 25.6 Å². The monoisotopic (exact) mass is 417 g/mol. The zero-order valence-corrected chi connectivity index (χ0v) is 16.8. The van der Waals surface area contributed by atoms with E-state index in [1.54, 1.807) is 19.1 Å². The highest BCUT2D eigenvalue weighted by Gasteiger charge is 2.42. The number of pyridine rings is 1. The molecule has 4 rings (SSSR count). The fourth-order valence-corrected chi connectivity index (χ4v) is 4.30. The maximum atomic E-state index is 14.1. The smallest absolute Gasteiger partial charge is 0.433 e. The van der Waals surface area contributed by atoms with Crippen molar-refractivity contribution in [1.29, 1.82) is 0 Å². The molecular weight excluding hydrogens is 395 g/mol. The van der Waals surface area contributed by atoms with E-state index in [1.165, 1.54) is 0 Å². The molecule has 0 amide bonds. The van der Waals surface area contributed by atoms with Gasteiger partial charge in [-0.25, -0.2) is 9.97 Å². The van der Waals surface area contributed by atoms with E-state index in [2.05, 4.69) is 9.97 Å². The Bertz CT molecular complexity index is 1120. The lowest BCUT2D eigenvalue weighted by atomic mass is 9.85. The normalized spacial score (nSPS) is 14.8. The number of rotatable bonds is 5. The summed E-state index contributed by atoms with van der Waals surface area (Å²) >= 11 is 0. The van der Waals surface area contributed by atoms with Crippen LogP contribution in [0.3, 0.4) is 0 Å². The van der Waals surface area contributed by atoms with Gasteiger partial charge in [-0.1, -0.05) is 43.2 Å². The minimum absolute atomic E-state index is 0.0250. The third-order valence-electron chi connectivity index (χ3n) is 5.62. The van der Waals surface area contributed by atoms with E-state index in [-0.39, 0.29) is 23.2 Å². The zero-order chi connectivity index (χ0) is 21.6. The number of aryl methyl sites for hydroxylation is 3. The first-order valence-corrected chi connectivity index (χ1v) is 10.0. The molecule has 3 heterocycles. The summed E-state index contributed by atoms with van der Waals surface area (Å²) in [6, 6.07) is 7.12. The molecule has 0 aliphatic carbocycles. The molecule has 8 heteroatoms. The molecule has 0 spiro atoms. The predicted octanol–water partition coefficient (Wildman–Crippen LogP) is 5.34. The Morgan fingerprint density at radius 2 is 1.93 bits per heavy atom. The van der Waals surface area contributed by atoms with E-state index in [0.29, 0.717) is 36.3 Å². The lowest BCUT2D eigenvalue weighted by Gasteiger charge is -2.22. The van der Waals surface area contributed by atoms with Crippen LogP contribution in [0.1, 0.15) is 54.7 Å². The van der Waals surface area contributed by atoms with Crippen LogP contribution >= 0.6 is 0 Å². The molecule has 3 aromatic rings. The second-order valence-corrected chi connectivity index (χ2v) is 7.75. The fraction of sp³-hybridized carbons (Fsp3) is 0.409. The van der Waals surface area contributed by atoms with E-state index in [4.69, 9.17) is 0 Å². The summed E-state index contributed by atoms with van der Waals surface area (Å²) < 4.78 is 44.2. The molecule has 1 aliphatic heterocycles. The number of hydrogen-bond acceptors (Lipinski definition) is 3. The van der Waals surface area contributed by atoms with Crippen molar-refractivity contribution in [2.75, 3.05) is 0 Å².